The molecule has 0 aliphatic rings. The minimum absolute atomic E-state index is 0.251. The summed E-state index contributed by atoms with van der Waals surface area (Å²) in [6.45, 7) is -0.288. The van der Waals surface area contributed by atoms with E-state index in [-0.39, 0.29) is 13.0 Å². The molecule has 0 saturated heterocycles. The summed E-state index contributed by atoms with van der Waals surface area (Å²) < 4.78 is 68.2. The Kier molecular flexibility index (Phi) is 6.76. The highest BCUT2D eigenvalue weighted by atomic mass is 32.2. The Balaban J connectivity index is 1.67. The van der Waals surface area contributed by atoms with Crippen LogP contribution in [0.4, 0.5) is 13.2 Å². The molecule has 0 radical (unpaired) electrons. The molecule has 0 aliphatic heterocycles. The number of nitrogens with zero attached hydrogens (tertiary/aromatic N) is 2. The minimum atomic E-state index is -4.13. The van der Waals surface area contributed by atoms with Crippen molar-refractivity contribution in [3.63, 3.8) is 0 Å². The van der Waals surface area contributed by atoms with Gasteiger partial charge in [-0.2, -0.15) is 0 Å². The van der Waals surface area contributed by atoms with Crippen LogP contribution in [-0.2, 0) is 21.9 Å². The van der Waals surface area contributed by atoms with Gasteiger partial charge in [-0.05, 0) is 35.9 Å². The van der Waals surface area contributed by atoms with Gasteiger partial charge in [-0.25, -0.2) is 31.3 Å². The molecule has 0 aliphatic carbocycles. The third-order valence-corrected chi connectivity index (χ3v) is 5.91. The monoisotopic (exact) mass is 452 g/mol. The fourth-order valence-electron chi connectivity index (χ4n) is 2.90. The van der Waals surface area contributed by atoms with E-state index in [1.165, 1.54) is 24.4 Å². The second-order valence-corrected chi connectivity index (χ2v) is 8.44. The van der Waals surface area contributed by atoms with Crippen molar-refractivity contribution in [2.45, 2.75) is 17.4 Å². The Labute approximate surface area is 177 Å². The summed E-state index contributed by atoms with van der Waals surface area (Å²) in [4.78, 5) is 16.2. The summed E-state index contributed by atoms with van der Waals surface area (Å²) in [5.74, 6) is -3.01. The van der Waals surface area contributed by atoms with E-state index >= 15 is 0 Å². The number of hydrogen-bond acceptors (Lipinski definition) is 4. The third kappa shape index (κ3) is 5.50. The smallest absolute Gasteiger partial charge is 0.240 e. The highest BCUT2D eigenvalue weighted by molar-refractivity contribution is 7.89. The van der Waals surface area contributed by atoms with Gasteiger partial charge >= 0.3 is 0 Å². The summed E-state index contributed by atoms with van der Waals surface area (Å²) in [5.41, 5.74) is 0.463. The van der Waals surface area contributed by atoms with Crippen molar-refractivity contribution < 1.29 is 26.4 Å². The molecule has 2 N–H and O–H groups in total. The van der Waals surface area contributed by atoms with Crippen molar-refractivity contribution in [2.24, 2.45) is 7.05 Å². The molecule has 2 aromatic carbocycles. The van der Waals surface area contributed by atoms with Crippen molar-refractivity contribution in [3.05, 3.63) is 83.7 Å². The van der Waals surface area contributed by atoms with Crippen LogP contribution in [0.1, 0.15) is 23.9 Å². The van der Waals surface area contributed by atoms with E-state index in [1.54, 1.807) is 23.9 Å². The summed E-state index contributed by atoms with van der Waals surface area (Å²) in [7, 11) is -2.42. The molecule has 11 heteroatoms. The van der Waals surface area contributed by atoms with Crippen LogP contribution in [0.15, 0.2) is 59.8 Å². The van der Waals surface area contributed by atoms with Crippen LogP contribution in [0.25, 0.3) is 0 Å². The van der Waals surface area contributed by atoms with E-state index < -0.39 is 44.3 Å². The number of hydrogen-bond donors (Lipinski definition) is 2. The minimum Gasteiger partial charge on any atom is -0.342 e. The summed E-state index contributed by atoms with van der Waals surface area (Å²) in [5, 5.41) is 2.71. The standard InChI is InChI=1S/C20H19F3N4O3S/c1-27-10-9-24-20(27)19(13-3-2-4-14(21)11-13)26-18(28)7-8-25-31(29,30)15-5-6-16(22)17(23)12-15/h2-6,9-12,19,25H,7-8H2,1H3,(H,26,28). The zero-order valence-electron chi connectivity index (χ0n) is 16.3. The number of sulfonamides is 1. The Morgan fingerprint density at radius 3 is 2.55 bits per heavy atom. The van der Waals surface area contributed by atoms with E-state index in [0.717, 1.165) is 6.07 Å². The fraction of sp³-hybridized carbons (Fsp3) is 0.200. The van der Waals surface area contributed by atoms with Gasteiger partial charge in [-0.15, -0.1) is 0 Å². The molecule has 7 nitrogen and oxygen atoms in total. The van der Waals surface area contributed by atoms with Crippen LogP contribution in [0.3, 0.4) is 0 Å². The number of carbonyl (C=O) groups excluding carboxylic acids is 1. The summed E-state index contributed by atoms with van der Waals surface area (Å²) in [6, 6.07) is 7.09. The molecule has 1 amide bonds. The summed E-state index contributed by atoms with van der Waals surface area (Å²) >= 11 is 0. The lowest BCUT2D eigenvalue weighted by Crippen LogP contribution is -2.34. The molecule has 0 saturated carbocycles. The topological polar surface area (TPSA) is 93.1 Å². The maximum atomic E-state index is 13.7. The van der Waals surface area contributed by atoms with Crippen molar-refractivity contribution in [2.75, 3.05) is 6.54 Å². The normalized spacial score (nSPS) is 12.5. The van der Waals surface area contributed by atoms with Crippen LogP contribution in [0.5, 0.6) is 0 Å². The number of rotatable bonds is 8. The zero-order valence-corrected chi connectivity index (χ0v) is 17.2. The maximum absolute atomic E-state index is 13.7. The average Bonchev–Trinajstić information content (AvgIpc) is 3.13. The molecule has 164 valence electrons. The first kappa shape index (κ1) is 22.5. The van der Waals surface area contributed by atoms with E-state index in [1.807, 2.05) is 0 Å². The molecule has 1 unspecified atom stereocenters. The molecule has 31 heavy (non-hydrogen) atoms. The second-order valence-electron chi connectivity index (χ2n) is 6.68. The van der Waals surface area contributed by atoms with E-state index in [9.17, 15) is 26.4 Å². The van der Waals surface area contributed by atoms with Gasteiger partial charge in [-0.3, -0.25) is 4.79 Å². The Hall–Kier alpha value is -3.18. The third-order valence-electron chi connectivity index (χ3n) is 4.45. The van der Waals surface area contributed by atoms with Gasteiger partial charge in [0.15, 0.2) is 11.6 Å². The second kappa shape index (κ2) is 9.31. The van der Waals surface area contributed by atoms with Gasteiger partial charge in [0.1, 0.15) is 17.7 Å². The van der Waals surface area contributed by atoms with Crippen LogP contribution in [0.2, 0.25) is 0 Å². The Morgan fingerprint density at radius 1 is 1.13 bits per heavy atom. The van der Waals surface area contributed by atoms with E-state index in [2.05, 4.69) is 15.0 Å². The van der Waals surface area contributed by atoms with E-state index in [0.29, 0.717) is 23.5 Å². The molecular formula is C20H19F3N4O3S. The highest BCUT2D eigenvalue weighted by Crippen LogP contribution is 2.21. The van der Waals surface area contributed by atoms with E-state index in [4.69, 9.17) is 0 Å². The number of carbonyl (C=O) groups is 1. The van der Waals surface area contributed by atoms with Gasteiger partial charge in [0.25, 0.3) is 0 Å². The summed E-state index contributed by atoms with van der Waals surface area (Å²) in [6.07, 6.45) is 2.95. The first-order valence-corrected chi connectivity index (χ1v) is 10.6. The number of halogens is 3. The van der Waals surface area contributed by atoms with Crippen molar-refractivity contribution >= 4 is 15.9 Å². The Bertz CT molecular complexity index is 1200. The number of aromatic nitrogens is 2. The zero-order chi connectivity index (χ0) is 22.6. The lowest BCUT2D eigenvalue weighted by atomic mass is 10.1. The maximum Gasteiger partial charge on any atom is 0.240 e. The predicted octanol–water partition coefficient (Wildman–Crippen LogP) is 2.41. The molecule has 3 aromatic rings. The lowest BCUT2D eigenvalue weighted by Gasteiger charge is -2.19. The molecule has 3 rings (SSSR count). The van der Waals surface area contributed by atoms with Gasteiger partial charge < -0.3 is 9.88 Å². The number of nitrogens with one attached hydrogen (secondary N) is 2. The number of benzene rings is 2. The fourth-order valence-corrected chi connectivity index (χ4v) is 3.94. The number of aryl methyl sites for hydroxylation is 1. The number of imidazole rings is 1. The molecule has 1 aromatic heterocycles. The van der Waals surface area contributed by atoms with Crippen molar-refractivity contribution in [1.29, 1.82) is 0 Å². The SMILES string of the molecule is Cn1ccnc1C(NC(=O)CCNS(=O)(=O)c1ccc(F)c(F)c1)c1cccc(F)c1. The van der Waals surface area contributed by atoms with Crippen molar-refractivity contribution in [1.82, 2.24) is 19.6 Å². The van der Waals surface area contributed by atoms with Crippen LogP contribution < -0.4 is 10.0 Å². The Morgan fingerprint density at radius 2 is 1.90 bits per heavy atom. The van der Waals surface area contributed by atoms with Crippen LogP contribution in [0, 0.1) is 17.5 Å². The molecule has 1 heterocycles. The molecule has 1 atom stereocenters. The predicted molar refractivity (Wildman–Crippen MR) is 106 cm³/mol. The molecule has 0 spiro atoms. The molecule has 0 bridgehead atoms. The average molecular weight is 452 g/mol. The van der Waals surface area contributed by atoms with Gasteiger partial charge in [-0.1, -0.05) is 12.1 Å². The van der Waals surface area contributed by atoms with Crippen molar-refractivity contribution in [3.8, 4) is 0 Å². The van der Waals surface area contributed by atoms with Gasteiger partial charge in [0.2, 0.25) is 15.9 Å². The van der Waals surface area contributed by atoms with Crippen LogP contribution in [-0.4, -0.2) is 30.4 Å². The number of amides is 1. The van der Waals surface area contributed by atoms with Gasteiger partial charge in [0, 0.05) is 32.4 Å². The lowest BCUT2D eigenvalue weighted by molar-refractivity contribution is -0.121. The molecule has 0 fully saturated rings. The molecular weight excluding hydrogens is 433 g/mol. The highest BCUT2D eigenvalue weighted by Gasteiger charge is 2.22. The van der Waals surface area contributed by atoms with Crippen LogP contribution >= 0.6 is 0 Å². The first-order valence-electron chi connectivity index (χ1n) is 9.14. The van der Waals surface area contributed by atoms with Gasteiger partial charge in [0.05, 0.1) is 4.90 Å². The largest absolute Gasteiger partial charge is 0.342 e. The first-order chi connectivity index (χ1) is 14.7. The quantitative estimate of drug-likeness (QED) is 0.549.